The Kier molecular flexibility index (Phi) is 14.2. The Hall–Kier alpha value is -3.75. The lowest BCUT2D eigenvalue weighted by atomic mass is 10.0. The number of nitrogens with zero attached hydrogens (tertiary/aromatic N) is 3. The van der Waals surface area contributed by atoms with Gasteiger partial charge in [0.25, 0.3) is 11.4 Å². The van der Waals surface area contributed by atoms with Crippen molar-refractivity contribution in [2.75, 3.05) is 4.90 Å². The van der Waals surface area contributed by atoms with Crippen LogP contribution in [0.3, 0.4) is 0 Å². The van der Waals surface area contributed by atoms with Crippen LogP contribution in [0, 0.1) is 10.1 Å². The molecule has 274 valence electrons. The highest BCUT2D eigenvalue weighted by atomic mass is 35.5. The summed E-state index contributed by atoms with van der Waals surface area (Å²) in [6.07, 6.45) is 6.90. The Bertz CT molecular complexity index is 1980. The lowest BCUT2D eigenvalue weighted by Gasteiger charge is -2.26. The first kappa shape index (κ1) is 40.0. The van der Waals surface area contributed by atoms with E-state index < -0.39 is 48.8 Å². The zero-order chi connectivity index (χ0) is 37.3. The number of alkyl halides is 1. The number of benzene rings is 3. The van der Waals surface area contributed by atoms with E-state index in [0.717, 1.165) is 66.0 Å². The van der Waals surface area contributed by atoms with Gasteiger partial charge in [-0.3, -0.25) is 20.0 Å². The smallest absolute Gasteiger partial charge is 0.339 e. The minimum Gasteiger partial charge on any atom is -0.369 e. The zero-order valence-electron chi connectivity index (χ0n) is 27.8. The number of non-ortho nitro benzene ring substituents is 1. The molecule has 2 N–H and O–H groups in total. The highest BCUT2D eigenvalue weighted by Crippen LogP contribution is 2.37. The third kappa shape index (κ3) is 10.4. The van der Waals surface area contributed by atoms with Gasteiger partial charge < -0.3 is 9.50 Å². The second-order valence-corrected chi connectivity index (χ2v) is 15.4. The van der Waals surface area contributed by atoms with Crippen LogP contribution < -0.4 is 20.0 Å². The number of aromatic amines is 1. The molecule has 0 radical (unpaired) electrons. The SMILES string of the molecule is CCCCCCCC(CCC(C)Cl)NC(=O)N(c1ccccc1)c1[nH]n(-c2c(Cl)cc(Cl)cc2Cl)c(=O)c1OS(=O)(=O)c1cccc([N+](=O)[O-])c1. The summed E-state index contributed by atoms with van der Waals surface area (Å²) >= 11 is 25.3. The van der Waals surface area contributed by atoms with Crippen LogP contribution in [0.1, 0.15) is 65.2 Å². The molecule has 4 aromatic rings. The topological polar surface area (TPSA) is 157 Å². The van der Waals surface area contributed by atoms with E-state index in [2.05, 4.69) is 17.3 Å². The van der Waals surface area contributed by atoms with Crippen molar-refractivity contribution in [1.82, 2.24) is 15.1 Å². The Morgan fingerprint density at radius 3 is 2.27 bits per heavy atom. The number of nitro groups is 1. The number of carbonyl (C=O) groups is 1. The van der Waals surface area contributed by atoms with E-state index in [4.69, 9.17) is 50.6 Å². The monoisotopic (exact) mass is 799 g/mol. The van der Waals surface area contributed by atoms with Gasteiger partial charge in [-0.2, -0.15) is 8.42 Å². The number of hydrogen-bond donors (Lipinski definition) is 2. The highest BCUT2D eigenvalue weighted by Gasteiger charge is 2.33. The predicted octanol–water partition coefficient (Wildman–Crippen LogP) is 9.79. The zero-order valence-corrected chi connectivity index (χ0v) is 31.6. The number of anilines is 2. The Balaban J connectivity index is 1.88. The summed E-state index contributed by atoms with van der Waals surface area (Å²) in [5, 5.41) is 17.1. The number of hydrogen-bond acceptors (Lipinski definition) is 7. The summed E-state index contributed by atoms with van der Waals surface area (Å²) in [5.74, 6) is -1.24. The molecule has 0 saturated carbocycles. The molecule has 2 amide bonds. The summed E-state index contributed by atoms with van der Waals surface area (Å²) in [6.45, 7) is 3.99. The van der Waals surface area contributed by atoms with Gasteiger partial charge in [-0.25, -0.2) is 14.4 Å². The van der Waals surface area contributed by atoms with Crippen LogP contribution in [0.5, 0.6) is 5.75 Å². The minimum absolute atomic E-state index is 0.0791. The molecule has 1 aromatic heterocycles. The lowest BCUT2D eigenvalue weighted by molar-refractivity contribution is -0.385. The normalized spacial score (nSPS) is 12.7. The van der Waals surface area contributed by atoms with Crippen LogP contribution >= 0.6 is 46.4 Å². The van der Waals surface area contributed by atoms with Crippen molar-refractivity contribution in [3.63, 3.8) is 0 Å². The molecule has 2 atom stereocenters. The molecule has 0 bridgehead atoms. The van der Waals surface area contributed by atoms with E-state index in [1.54, 1.807) is 30.3 Å². The van der Waals surface area contributed by atoms with Crippen LogP contribution in [0.2, 0.25) is 15.1 Å². The van der Waals surface area contributed by atoms with Crippen molar-refractivity contribution in [3.8, 4) is 11.4 Å². The Morgan fingerprint density at radius 2 is 1.65 bits per heavy atom. The van der Waals surface area contributed by atoms with E-state index in [9.17, 15) is 28.1 Å². The molecule has 4 rings (SSSR count). The van der Waals surface area contributed by atoms with Gasteiger partial charge in [0.15, 0.2) is 5.82 Å². The number of unbranched alkanes of at least 4 members (excludes halogenated alkanes) is 4. The molecule has 0 aliphatic heterocycles. The van der Waals surface area contributed by atoms with Crippen LogP contribution in [-0.4, -0.2) is 40.6 Å². The van der Waals surface area contributed by atoms with E-state index in [0.29, 0.717) is 19.3 Å². The minimum atomic E-state index is -4.91. The maximum atomic E-state index is 14.4. The van der Waals surface area contributed by atoms with E-state index in [1.807, 2.05) is 6.92 Å². The van der Waals surface area contributed by atoms with Crippen molar-refractivity contribution in [3.05, 3.63) is 102 Å². The number of para-hydroxylation sites is 1. The largest absolute Gasteiger partial charge is 0.369 e. The van der Waals surface area contributed by atoms with Gasteiger partial charge in [-0.05, 0) is 56.5 Å². The number of nitrogens with one attached hydrogen (secondary N) is 2. The van der Waals surface area contributed by atoms with Crippen molar-refractivity contribution < 1.29 is 22.3 Å². The van der Waals surface area contributed by atoms with E-state index >= 15 is 0 Å². The summed E-state index contributed by atoms with van der Waals surface area (Å²) in [6, 6.07) is 13.9. The molecule has 0 fully saturated rings. The van der Waals surface area contributed by atoms with Gasteiger partial charge >= 0.3 is 21.7 Å². The van der Waals surface area contributed by atoms with Crippen LogP contribution in [-0.2, 0) is 10.1 Å². The fourth-order valence-corrected chi connectivity index (χ4v) is 7.42. The third-order valence-corrected chi connectivity index (χ3v) is 10.1. The molecular formula is C34H37Cl4N5O7S. The van der Waals surface area contributed by atoms with Crippen LogP contribution in [0.15, 0.2) is 76.4 Å². The molecule has 0 aliphatic carbocycles. The number of halogens is 4. The fourth-order valence-electron chi connectivity index (χ4n) is 5.33. The number of nitro benzene ring substituents is 1. The summed E-state index contributed by atoms with van der Waals surface area (Å²) in [4.78, 5) is 39.7. The van der Waals surface area contributed by atoms with Gasteiger partial charge in [0.05, 0.1) is 20.7 Å². The van der Waals surface area contributed by atoms with Gasteiger partial charge in [-0.1, -0.05) is 98.1 Å². The molecular weight excluding hydrogens is 764 g/mol. The molecule has 51 heavy (non-hydrogen) atoms. The first-order chi connectivity index (χ1) is 24.2. The number of aromatic nitrogens is 2. The van der Waals surface area contributed by atoms with Crippen molar-refractivity contribution >= 4 is 79.7 Å². The van der Waals surface area contributed by atoms with Gasteiger partial charge in [0.2, 0.25) is 0 Å². The van der Waals surface area contributed by atoms with Gasteiger partial charge in [-0.15, -0.1) is 11.6 Å². The molecule has 0 saturated heterocycles. The Labute approximate surface area is 315 Å². The maximum Gasteiger partial charge on any atom is 0.339 e. The number of carbonyl (C=O) groups excluding carboxylic acids is 1. The number of amides is 2. The highest BCUT2D eigenvalue weighted by molar-refractivity contribution is 7.87. The maximum absolute atomic E-state index is 14.4. The molecule has 2 unspecified atom stereocenters. The fraction of sp³-hybridized carbons (Fsp3) is 0.353. The summed E-state index contributed by atoms with van der Waals surface area (Å²) in [5.41, 5.74) is -1.49. The standard InChI is InChI=1S/C34H37Cl4N5O7S/c1-3-4-5-6-8-12-24(18-17-22(2)35)39-34(45)41(25-13-9-7-10-14-25)32-31(50-51(48,49)27-16-11-15-26(21-27)43(46)47)33(44)42(40-32)30-28(37)19-23(36)20-29(30)38/h7,9-11,13-16,19-22,24,40H,3-6,8,12,17-18H2,1-2H3,(H,39,45). The third-order valence-electron chi connectivity index (χ3n) is 7.88. The lowest BCUT2D eigenvalue weighted by Crippen LogP contribution is -2.43. The molecule has 3 aromatic carbocycles. The average Bonchev–Trinajstić information content (AvgIpc) is 3.37. The summed E-state index contributed by atoms with van der Waals surface area (Å²) in [7, 11) is -4.91. The molecule has 17 heteroatoms. The molecule has 0 spiro atoms. The van der Waals surface area contributed by atoms with Gasteiger partial charge in [0.1, 0.15) is 10.6 Å². The number of H-pyrrole nitrogens is 1. The number of rotatable bonds is 17. The first-order valence-corrected chi connectivity index (χ1v) is 19.2. The van der Waals surface area contributed by atoms with Crippen LogP contribution in [0.25, 0.3) is 5.69 Å². The second kappa shape index (κ2) is 18.1. The molecule has 0 aliphatic rings. The number of urea groups is 1. The molecule has 1 heterocycles. The van der Waals surface area contributed by atoms with Crippen LogP contribution in [0.4, 0.5) is 22.0 Å². The van der Waals surface area contributed by atoms with Crippen molar-refractivity contribution in [2.45, 2.75) is 81.5 Å². The Morgan fingerprint density at radius 1 is 0.980 bits per heavy atom. The van der Waals surface area contributed by atoms with Crippen molar-refractivity contribution in [2.24, 2.45) is 0 Å². The van der Waals surface area contributed by atoms with E-state index in [-0.39, 0.29) is 37.9 Å². The van der Waals surface area contributed by atoms with Gasteiger partial charge in [0, 0.05) is 28.6 Å². The second-order valence-electron chi connectivity index (χ2n) is 11.8. The van der Waals surface area contributed by atoms with E-state index in [1.165, 1.54) is 12.1 Å². The predicted molar refractivity (Wildman–Crippen MR) is 201 cm³/mol. The first-order valence-electron chi connectivity index (χ1n) is 16.2. The molecule has 12 nitrogen and oxygen atoms in total. The average molecular weight is 802 g/mol. The van der Waals surface area contributed by atoms with Crippen molar-refractivity contribution in [1.29, 1.82) is 0 Å². The summed E-state index contributed by atoms with van der Waals surface area (Å²) < 4.78 is 33.6. The quantitative estimate of drug-likeness (QED) is 0.0354.